The molecule has 3 aromatic rings. The van der Waals surface area contributed by atoms with Crippen molar-refractivity contribution in [2.75, 3.05) is 17.7 Å². The zero-order chi connectivity index (χ0) is 21.6. The van der Waals surface area contributed by atoms with Crippen LogP contribution in [0.15, 0.2) is 41.3 Å². The number of alkyl halides is 2. The van der Waals surface area contributed by atoms with Crippen molar-refractivity contribution >= 4 is 34.7 Å². The molecule has 154 valence electrons. The van der Waals surface area contributed by atoms with E-state index in [0.717, 1.165) is 6.07 Å². The summed E-state index contributed by atoms with van der Waals surface area (Å²) in [6.07, 6.45) is 1.22. The van der Waals surface area contributed by atoms with Crippen molar-refractivity contribution in [2.45, 2.75) is 5.92 Å². The number of anilines is 3. The van der Waals surface area contributed by atoms with Gasteiger partial charge < -0.3 is 15.4 Å². The molecule has 0 radical (unpaired) electrons. The highest BCUT2D eigenvalue weighted by Gasteiger charge is 2.51. The molecule has 0 unspecified atom stereocenters. The molecule has 3 N–H and O–H groups in total. The standard InChI is InChI=1S/C19H12ClF3N4O3/c1-30-17-13(7-10(16(28)27-17)9-6-8(20)2-3-11(9)21)25-12-4-5-24-15-14(12)19(22,23)18(29)26-15/h2-7H,1H3,(H,27,28)(H2,24,25,26,29). The number of halogens is 4. The molecule has 4 rings (SSSR count). The second-order valence-electron chi connectivity index (χ2n) is 6.32. The fourth-order valence-corrected chi connectivity index (χ4v) is 3.27. The third kappa shape index (κ3) is 3.14. The first kappa shape index (κ1) is 19.8. The molecule has 1 aliphatic heterocycles. The number of hydrogen-bond donors (Lipinski definition) is 3. The topological polar surface area (TPSA) is 96.1 Å². The number of carbonyl (C=O) groups excluding carboxylic acids is 1. The number of methoxy groups -OCH3 is 1. The molecule has 1 aliphatic rings. The van der Waals surface area contributed by atoms with Crippen LogP contribution in [-0.4, -0.2) is 23.0 Å². The van der Waals surface area contributed by atoms with Gasteiger partial charge in [0.25, 0.3) is 5.56 Å². The molecule has 0 saturated carbocycles. The number of pyridine rings is 2. The van der Waals surface area contributed by atoms with E-state index in [9.17, 15) is 22.8 Å². The van der Waals surface area contributed by atoms with E-state index in [-0.39, 0.29) is 39.2 Å². The Hall–Kier alpha value is -3.53. The van der Waals surface area contributed by atoms with E-state index >= 15 is 0 Å². The second kappa shape index (κ2) is 7.06. The number of amides is 1. The fraction of sp³-hybridized carbons (Fsp3) is 0.105. The highest BCUT2D eigenvalue weighted by Crippen LogP contribution is 2.44. The van der Waals surface area contributed by atoms with E-state index < -0.39 is 28.8 Å². The molecule has 0 bridgehead atoms. The van der Waals surface area contributed by atoms with Crippen LogP contribution in [0.3, 0.4) is 0 Å². The van der Waals surface area contributed by atoms with Crippen molar-refractivity contribution in [3.8, 4) is 17.0 Å². The fourth-order valence-electron chi connectivity index (χ4n) is 3.09. The van der Waals surface area contributed by atoms with Gasteiger partial charge in [-0.3, -0.25) is 14.6 Å². The number of H-pyrrole nitrogens is 1. The number of carbonyl (C=O) groups is 1. The first-order valence-electron chi connectivity index (χ1n) is 8.45. The molecule has 11 heteroatoms. The van der Waals surface area contributed by atoms with E-state index in [2.05, 4.69) is 15.3 Å². The molecular weight excluding hydrogens is 425 g/mol. The Kier molecular flexibility index (Phi) is 4.65. The Labute approximate surface area is 171 Å². The van der Waals surface area contributed by atoms with Crippen molar-refractivity contribution in [1.82, 2.24) is 9.97 Å². The third-order valence-electron chi connectivity index (χ3n) is 4.48. The lowest BCUT2D eigenvalue weighted by atomic mass is 10.1. The summed E-state index contributed by atoms with van der Waals surface area (Å²) >= 11 is 5.91. The van der Waals surface area contributed by atoms with Crippen LogP contribution >= 0.6 is 11.6 Å². The summed E-state index contributed by atoms with van der Waals surface area (Å²) in [5.74, 6) is -6.40. The number of aromatic amines is 1. The highest BCUT2D eigenvalue weighted by atomic mass is 35.5. The number of nitrogens with one attached hydrogen (secondary N) is 3. The number of aromatic nitrogens is 2. The minimum atomic E-state index is -3.82. The summed E-state index contributed by atoms with van der Waals surface area (Å²) in [6.45, 7) is 0. The predicted molar refractivity (Wildman–Crippen MR) is 104 cm³/mol. The van der Waals surface area contributed by atoms with Crippen molar-refractivity contribution < 1.29 is 22.7 Å². The van der Waals surface area contributed by atoms with Crippen LogP contribution in [-0.2, 0) is 10.7 Å². The lowest BCUT2D eigenvalue weighted by Gasteiger charge is -2.16. The van der Waals surface area contributed by atoms with Crippen molar-refractivity contribution in [3.05, 3.63) is 63.3 Å². The largest absolute Gasteiger partial charge is 0.481 e. The van der Waals surface area contributed by atoms with Crippen molar-refractivity contribution in [1.29, 1.82) is 0 Å². The Morgan fingerprint density at radius 2 is 1.90 bits per heavy atom. The summed E-state index contributed by atoms with van der Waals surface area (Å²) in [5, 5.41) is 4.92. The zero-order valence-electron chi connectivity index (χ0n) is 15.1. The van der Waals surface area contributed by atoms with Gasteiger partial charge in [-0.2, -0.15) is 8.78 Å². The molecular formula is C19H12ClF3N4O3. The van der Waals surface area contributed by atoms with Crippen LogP contribution in [0.1, 0.15) is 5.56 Å². The van der Waals surface area contributed by atoms with E-state index in [0.29, 0.717) is 0 Å². The number of hydrogen-bond acceptors (Lipinski definition) is 5. The maximum Gasteiger partial charge on any atom is 0.355 e. The first-order valence-corrected chi connectivity index (χ1v) is 8.82. The van der Waals surface area contributed by atoms with Gasteiger partial charge in [-0.05, 0) is 30.3 Å². The van der Waals surface area contributed by atoms with Gasteiger partial charge in [-0.25, -0.2) is 9.37 Å². The summed E-state index contributed by atoms with van der Waals surface area (Å²) in [7, 11) is 1.26. The first-order chi connectivity index (χ1) is 14.2. The summed E-state index contributed by atoms with van der Waals surface area (Å²) in [4.78, 5) is 30.2. The molecule has 3 heterocycles. The van der Waals surface area contributed by atoms with E-state index in [4.69, 9.17) is 16.3 Å². The average molecular weight is 437 g/mol. The maximum absolute atomic E-state index is 14.3. The number of nitrogens with zero attached hydrogens (tertiary/aromatic N) is 1. The van der Waals surface area contributed by atoms with E-state index in [1.807, 2.05) is 5.32 Å². The van der Waals surface area contributed by atoms with Crippen molar-refractivity contribution in [2.24, 2.45) is 0 Å². The van der Waals surface area contributed by atoms with Crippen LogP contribution < -0.4 is 20.9 Å². The highest BCUT2D eigenvalue weighted by molar-refractivity contribution is 6.30. The van der Waals surface area contributed by atoms with Crippen LogP contribution in [0, 0.1) is 5.82 Å². The summed E-state index contributed by atoms with van der Waals surface area (Å²) in [5.41, 5.74) is -1.62. The molecule has 30 heavy (non-hydrogen) atoms. The van der Waals surface area contributed by atoms with Crippen LogP contribution in [0.25, 0.3) is 11.1 Å². The molecule has 1 aromatic carbocycles. The van der Waals surface area contributed by atoms with Gasteiger partial charge in [0.15, 0.2) is 0 Å². The average Bonchev–Trinajstić information content (AvgIpc) is 2.94. The van der Waals surface area contributed by atoms with Gasteiger partial charge in [0, 0.05) is 16.8 Å². The van der Waals surface area contributed by atoms with Crippen molar-refractivity contribution in [3.63, 3.8) is 0 Å². The zero-order valence-corrected chi connectivity index (χ0v) is 15.9. The molecule has 2 aromatic heterocycles. The van der Waals surface area contributed by atoms with Gasteiger partial charge in [-0.15, -0.1) is 0 Å². The Bertz CT molecular complexity index is 1250. The van der Waals surface area contributed by atoms with E-state index in [1.54, 1.807) is 0 Å². The minimum absolute atomic E-state index is 0.0509. The molecule has 0 saturated heterocycles. The molecule has 0 atom stereocenters. The second-order valence-corrected chi connectivity index (χ2v) is 6.76. The normalized spacial score (nSPS) is 14.2. The van der Waals surface area contributed by atoms with E-state index in [1.165, 1.54) is 37.6 Å². The molecule has 7 nitrogen and oxygen atoms in total. The number of fused-ring (bicyclic) bond motifs is 1. The predicted octanol–water partition coefficient (Wildman–Crippen LogP) is 4.03. The lowest BCUT2D eigenvalue weighted by Crippen LogP contribution is -2.24. The summed E-state index contributed by atoms with van der Waals surface area (Å²) < 4.78 is 48.1. The monoisotopic (exact) mass is 436 g/mol. The molecule has 0 spiro atoms. The SMILES string of the molecule is COc1[nH]c(=O)c(-c2cc(Cl)ccc2F)cc1Nc1ccnc2c1C(F)(F)C(=O)N2. The number of benzene rings is 1. The van der Waals surface area contributed by atoms with Crippen LogP contribution in [0.5, 0.6) is 5.88 Å². The Balaban J connectivity index is 1.86. The van der Waals surface area contributed by atoms with Gasteiger partial charge in [0.05, 0.1) is 23.9 Å². The van der Waals surface area contributed by atoms with Gasteiger partial charge in [0.2, 0.25) is 5.88 Å². The lowest BCUT2D eigenvalue weighted by molar-refractivity contribution is -0.139. The van der Waals surface area contributed by atoms with Crippen LogP contribution in [0.4, 0.5) is 30.4 Å². The number of rotatable bonds is 4. The smallest absolute Gasteiger partial charge is 0.355 e. The number of ether oxygens (including phenoxy) is 1. The molecule has 1 amide bonds. The maximum atomic E-state index is 14.3. The van der Waals surface area contributed by atoms with Gasteiger partial charge >= 0.3 is 11.8 Å². The Morgan fingerprint density at radius 3 is 2.63 bits per heavy atom. The quantitative estimate of drug-likeness (QED) is 0.574. The summed E-state index contributed by atoms with van der Waals surface area (Å²) in [6, 6.07) is 6.16. The minimum Gasteiger partial charge on any atom is -0.481 e. The van der Waals surface area contributed by atoms with Gasteiger partial charge in [-0.1, -0.05) is 11.6 Å². The molecule has 0 fully saturated rings. The van der Waals surface area contributed by atoms with Crippen LogP contribution in [0.2, 0.25) is 5.02 Å². The third-order valence-corrected chi connectivity index (χ3v) is 4.71. The molecule has 0 aliphatic carbocycles. The Morgan fingerprint density at radius 1 is 1.13 bits per heavy atom. The van der Waals surface area contributed by atoms with Gasteiger partial charge in [0.1, 0.15) is 17.3 Å².